The van der Waals surface area contributed by atoms with Crippen LogP contribution in [0.5, 0.6) is 0 Å². The van der Waals surface area contributed by atoms with Crippen LogP contribution in [-0.4, -0.2) is 24.4 Å². The number of ether oxygens (including phenoxy) is 1. The van der Waals surface area contributed by atoms with Gasteiger partial charge >= 0.3 is 5.97 Å². The zero-order valence-electron chi connectivity index (χ0n) is 20.7. The number of carbonyl (C=O) groups excluding carboxylic acids is 3. The van der Waals surface area contributed by atoms with Gasteiger partial charge in [0.1, 0.15) is 5.25 Å². The van der Waals surface area contributed by atoms with Crippen LogP contribution < -0.4 is 10.6 Å². The third-order valence-electron chi connectivity index (χ3n) is 5.31. The number of amides is 2. The van der Waals surface area contributed by atoms with Crippen molar-refractivity contribution in [2.75, 3.05) is 17.2 Å². The molecule has 0 saturated heterocycles. The Morgan fingerprint density at radius 2 is 1.58 bits per heavy atom. The molecule has 6 nitrogen and oxygen atoms in total. The lowest BCUT2D eigenvalue weighted by Gasteiger charge is -2.18. The van der Waals surface area contributed by atoms with Crippen molar-refractivity contribution in [3.05, 3.63) is 90.0 Å². The first-order chi connectivity index (χ1) is 17.5. The second kappa shape index (κ2) is 14.1. The Morgan fingerprint density at radius 3 is 2.28 bits per heavy atom. The van der Waals surface area contributed by atoms with E-state index in [-0.39, 0.29) is 17.8 Å². The molecule has 7 heteroatoms. The van der Waals surface area contributed by atoms with Crippen LogP contribution in [0.4, 0.5) is 11.4 Å². The maximum absolute atomic E-state index is 13.4. The predicted molar refractivity (Wildman–Crippen MR) is 145 cm³/mol. The molecule has 3 rings (SSSR count). The fraction of sp³-hybridized carbons (Fsp3) is 0.276. The molecule has 0 radical (unpaired) electrons. The summed E-state index contributed by atoms with van der Waals surface area (Å²) >= 11 is 1.41. The summed E-state index contributed by atoms with van der Waals surface area (Å²) in [6.45, 7) is 4.39. The summed E-state index contributed by atoms with van der Waals surface area (Å²) in [5.74, 6) is -0.593. The minimum absolute atomic E-state index is 0.0327. The zero-order chi connectivity index (χ0) is 25.8. The molecule has 0 aliphatic carbocycles. The molecule has 1 unspecified atom stereocenters. The summed E-state index contributed by atoms with van der Waals surface area (Å²) in [7, 11) is 0. The number of thioether (sulfide) groups is 1. The fourth-order valence-electron chi connectivity index (χ4n) is 3.42. The lowest BCUT2D eigenvalue weighted by atomic mass is 10.1. The van der Waals surface area contributed by atoms with E-state index >= 15 is 0 Å². The topological polar surface area (TPSA) is 84.5 Å². The van der Waals surface area contributed by atoms with Crippen molar-refractivity contribution < 1.29 is 19.1 Å². The van der Waals surface area contributed by atoms with Gasteiger partial charge < -0.3 is 15.4 Å². The maximum atomic E-state index is 13.4. The fourth-order valence-corrected chi connectivity index (χ4v) is 4.51. The Bertz CT molecular complexity index is 1150. The summed E-state index contributed by atoms with van der Waals surface area (Å²) in [4.78, 5) is 38.4. The quantitative estimate of drug-likeness (QED) is 0.160. The minimum atomic E-state index is -0.522. The van der Waals surface area contributed by atoms with E-state index in [0.717, 1.165) is 29.7 Å². The number of rotatable bonds is 12. The summed E-state index contributed by atoms with van der Waals surface area (Å²) in [6, 6.07) is 23.7. The zero-order valence-corrected chi connectivity index (χ0v) is 21.5. The van der Waals surface area contributed by atoms with E-state index in [2.05, 4.69) is 10.6 Å². The number of nitrogens with one attached hydrogen (secondary N) is 2. The van der Waals surface area contributed by atoms with Crippen LogP contribution in [-0.2, 0) is 14.3 Å². The second-order valence-corrected chi connectivity index (χ2v) is 9.47. The van der Waals surface area contributed by atoms with Gasteiger partial charge in [0.2, 0.25) is 11.8 Å². The van der Waals surface area contributed by atoms with Crippen molar-refractivity contribution in [3.8, 4) is 0 Å². The Balaban J connectivity index is 1.73. The van der Waals surface area contributed by atoms with Gasteiger partial charge in [-0.25, -0.2) is 4.79 Å². The highest BCUT2D eigenvalue weighted by atomic mass is 32.2. The summed E-state index contributed by atoms with van der Waals surface area (Å²) in [5, 5.41) is 5.34. The van der Waals surface area contributed by atoms with E-state index in [0.29, 0.717) is 30.0 Å². The van der Waals surface area contributed by atoms with Gasteiger partial charge in [0.15, 0.2) is 0 Å². The van der Waals surface area contributed by atoms with Gasteiger partial charge in [-0.2, -0.15) is 0 Å². The average molecular weight is 505 g/mol. The van der Waals surface area contributed by atoms with E-state index in [9.17, 15) is 14.4 Å². The molecular formula is C29H32N2O4S. The standard InChI is InChI=1S/C29H32N2O4S/c1-3-5-19-35-29(34)22-15-17-23(18-16-22)31-28(33)27(21-11-7-6-8-12-21)36-25-14-9-13-24(20-25)30-26(32)10-4-2/h6-9,11-18,20,27H,3-5,10,19H2,1-2H3,(H,30,32)(H,31,33). The third kappa shape index (κ3) is 8.27. The normalized spacial score (nSPS) is 11.4. The molecular weight excluding hydrogens is 472 g/mol. The van der Waals surface area contributed by atoms with Crippen molar-refractivity contribution in [2.24, 2.45) is 0 Å². The second-order valence-electron chi connectivity index (χ2n) is 8.29. The van der Waals surface area contributed by atoms with Gasteiger partial charge in [0, 0.05) is 22.7 Å². The maximum Gasteiger partial charge on any atom is 0.338 e. The molecule has 3 aromatic rings. The predicted octanol–water partition coefficient (Wildman–Crippen LogP) is 6.85. The summed E-state index contributed by atoms with van der Waals surface area (Å²) in [6.07, 6.45) is 3.02. The summed E-state index contributed by atoms with van der Waals surface area (Å²) < 4.78 is 5.24. The molecule has 0 aromatic heterocycles. The average Bonchev–Trinajstić information content (AvgIpc) is 2.88. The Kier molecular flexibility index (Phi) is 10.6. The van der Waals surface area contributed by atoms with Gasteiger partial charge in [0.25, 0.3) is 0 Å². The highest BCUT2D eigenvalue weighted by Crippen LogP contribution is 2.37. The summed E-state index contributed by atoms with van der Waals surface area (Å²) in [5.41, 5.74) is 2.59. The molecule has 3 aromatic carbocycles. The van der Waals surface area contributed by atoms with E-state index in [4.69, 9.17) is 4.74 Å². The lowest BCUT2D eigenvalue weighted by Crippen LogP contribution is -2.19. The van der Waals surface area contributed by atoms with Crippen molar-refractivity contribution in [3.63, 3.8) is 0 Å². The molecule has 0 aliphatic rings. The van der Waals surface area contributed by atoms with Crippen LogP contribution in [0.15, 0.2) is 83.8 Å². The minimum Gasteiger partial charge on any atom is -0.462 e. The van der Waals surface area contributed by atoms with E-state index in [1.54, 1.807) is 24.3 Å². The highest BCUT2D eigenvalue weighted by molar-refractivity contribution is 8.00. The first-order valence-electron chi connectivity index (χ1n) is 12.2. The molecule has 0 spiro atoms. The number of esters is 1. The Hall–Kier alpha value is -3.58. The van der Waals surface area contributed by atoms with Gasteiger partial charge in [0.05, 0.1) is 12.2 Å². The smallest absolute Gasteiger partial charge is 0.338 e. The Labute approximate surface area is 216 Å². The van der Waals surface area contributed by atoms with Crippen LogP contribution in [0.25, 0.3) is 0 Å². The monoisotopic (exact) mass is 504 g/mol. The van der Waals surface area contributed by atoms with E-state index < -0.39 is 5.25 Å². The highest BCUT2D eigenvalue weighted by Gasteiger charge is 2.22. The molecule has 1 atom stereocenters. The SMILES string of the molecule is CCCCOC(=O)c1ccc(NC(=O)C(Sc2cccc(NC(=O)CCC)c2)c2ccccc2)cc1. The molecule has 36 heavy (non-hydrogen) atoms. The molecule has 0 saturated carbocycles. The number of carbonyl (C=O) groups is 3. The van der Waals surface area contributed by atoms with Crippen LogP contribution in [0, 0.1) is 0 Å². The number of hydrogen-bond donors (Lipinski definition) is 2. The number of hydrogen-bond acceptors (Lipinski definition) is 5. The van der Waals surface area contributed by atoms with Gasteiger partial charge in [-0.1, -0.05) is 56.7 Å². The van der Waals surface area contributed by atoms with Gasteiger partial charge in [-0.15, -0.1) is 11.8 Å². The first kappa shape index (κ1) is 27.0. The molecule has 0 heterocycles. The van der Waals surface area contributed by atoms with Crippen molar-refractivity contribution in [1.82, 2.24) is 0 Å². The van der Waals surface area contributed by atoms with Gasteiger partial charge in [-0.3, -0.25) is 9.59 Å². The van der Waals surface area contributed by atoms with E-state index in [1.165, 1.54) is 11.8 Å². The first-order valence-corrected chi connectivity index (χ1v) is 13.1. The molecule has 2 amide bonds. The largest absolute Gasteiger partial charge is 0.462 e. The van der Waals surface area contributed by atoms with Crippen LogP contribution in [0.3, 0.4) is 0 Å². The number of benzene rings is 3. The van der Waals surface area contributed by atoms with Crippen LogP contribution >= 0.6 is 11.8 Å². The third-order valence-corrected chi connectivity index (χ3v) is 6.56. The van der Waals surface area contributed by atoms with Crippen molar-refractivity contribution in [2.45, 2.75) is 49.7 Å². The number of unbranched alkanes of at least 4 members (excludes halogenated alkanes) is 1. The van der Waals surface area contributed by atoms with Crippen molar-refractivity contribution >= 4 is 40.9 Å². The molecule has 188 valence electrons. The van der Waals surface area contributed by atoms with Crippen LogP contribution in [0.1, 0.15) is 60.7 Å². The van der Waals surface area contributed by atoms with Crippen LogP contribution in [0.2, 0.25) is 0 Å². The Morgan fingerprint density at radius 1 is 0.833 bits per heavy atom. The molecule has 0 aliphatic heterocycles. The van der Waals surface area contributed by atoms with Crippen molar-refractivity contribution in [1.29, 1.82) is 0 Å². The van der Waals surface area contributed by atoms with E-state index in [1.807, 2.05) is 68.4 Å². The molecule has 2 N–H and O–H groups in total. The molecule has 0 bridgehead atoms. The number of anilines is 2. The van der Waals surface area contributed by atoms with Gasteiger partial charge in [-0.05, 0) is 60.9 Å². The lowest BCUT2D eigenvalue weighted by molar-refractivity contribution is -0.116. The molecule has 0 fully saturated rings.